The molecule has 30 heavy (non-hydrogen) atoms. The minimum atomic E-state index is -3.28. The molecule has 0 heterocycles. The van der Waals surface area contributed by atoms with E-state index in [4.69, 9.17) is 16.3 Å². The highest BCUT2D eigenvalue weighted by molar-refractivity contribution is 7.85. The molecule has 0 fully saturated rings. The summed E-state index contributed by atoms with van der Waals surface area (Å²) in [4.78, 5) is 12.8. The fourth-order valence-corrected chi connectivity index (χ4v) is 6.27. The van der Waals surface area contributed by atoms with E-state index < -0.39 is 13.1 Å². The smallest absolute Gasteiger partial charge is 0.345 e. The summed E-state index contributed by atoms with van der Waals surface area (Å²) in [7, 11) is -3.28. The van der Waals surface area contributed by atoms with Crippen LogP contribution in [0.1, 0.15) is 10.4 Å². The number of ether oxygens (including phenoxy) is 1. The maximum atomic E-state index is 14.6. The molecule has 0 amide bonds. The van der Waals surface area contributed by atoms with E-state index in [1.165, 1.54) is 0 Å². The van der Waals surface area contributed by atoms with E-state index in [-0.39, 0.29) is 11.3 Å². The number of rotatable bonds is 5. The Morgan fingerprint density at radius 3 is 1.77 bits per heavy atom. The van der Waals surface area contributed by atoms with Crippen LogP contribution in [-0.4, -0.2) is 5.97 Å². The van der Waals surface area contributed by atoms with Gasteiger partial charge in [0.2, 0.25) is 0 Å². The molecule has 3 nitrogen and oxygen atoms in total. The van der Waals surface area contributed by atoms with Crippen molar-refractivity contribution in [2.75, 3.05) is 0 Å². The van der Waals surface area contributed by atoms with E-state index >= 15 is 0 Å². The van der Waals surface area contributed by atoms with Crippen molar-refractivity contribution < 1.29 is 14.1 Å². The normalized spacial score (nSPS) is 11.1. The second-order valence-corrected chi connectivity index (χ2v) is 9.76. The summed E-state index contributed by atoms with van der Waals surface area (Å²) >= 11 is 6.15. The lowest BCUT2D eigenvalue weighted by Gasteiger charge is -2.22. The van der Waals surface area contributed by atoms with Crippen LogP contribution in [0.3, 0.4) is 0 Å². The Morgan fingerprint density at radius 1 is 0.667 bits per heavy atom. The summed E-state index contributed by atoms with van der Waals surface area (Å²) in [6.45, 7) is 0. The third-order valence-corrected chi connectivity index (χ3v) is 8.17. The van der Waals surface area contributed by atoms with Gasteiger partial charge in [-0.1, -0.05) is 96.5 Å². The second kappa shape index (κ2) is 8.71. The molecular formula is C25H18ClO3P. The van der Waals surface area contributed by atoms with Gasteiger partial charge in [0.05, 0.1) is 15.9 Å². The lowest BCUT2D eigenvalue weighted by molar-refractivity contribution is 0.0736. The van der Waals surface area contributed by atoms with Crippen LogP contribution >= 0.6 is 18.7 Å². The zero-order chi connectivity index (χ0) is 21.0. The third-order valence-electron chi connectivity index (χ3n) is 4.74. The number of esters is 1. The van der Waals surface area contributed by atoms with Gasteiger partial charge in [-0.15, -0.1) is 0 Å². The van der Waals surface area contributed by atoms with Gasteiger partial charge in [-0.05, 0) is 24.3 Å². The molecule has 0 saturated carbocycles. The Balaban J connectivity index is 1.85. The maximum absolute atomic E-state index is 14.6. The number of hydrogen-bond acceptors (Lipinski definition) is 3. The molecule has 148 valence electrons. The second-order valence-electron chi connectivity index (χ2n) is 6.62. The van der Waals surface area contributed by atoms with Crippen molar-refractivity contribution in [3.05, 3.63) is 120 Å². The number of halogens is 1. The van der Waals surface area contributed by atoms with Crippen molar-refractivity contribution in [1.29, 1.82) is 0 Å². The maximum Gasteiger partial charge on any atom is 0.345 e. The van der Waals surface area contributed by atoms with Crippen LogP contribution in [0.25, 0.3) is 0 Å². The Morgan fingerprint density at radius 2 is 1.17 bits per heavy atom. The topological polar surface area (TPSA) is 43.4 Å². The van der Waals surface area contributed by atoms with E-state index in [0.717, 1.165) is 0 Å². The predicted octanol–water partition coefficient (Wildman–Crippen LogP) is 5.20. The van der Waals surface area contributed by atoms with Gasteiger partial charge in [-0.3, -0.25) is 0 Å². The molecular weight excluding hydrogens is 415 g/mol. The van der Waals surface area contributed by atoms with E-state index in [2.05, 4.69) is 0 Å². The van der Waals surface area contributed by atoms with Gasteiger partial charge < -0.3 is 9.30 Å². The van der Waals surface area contributed by atoms with Crippen LogP contribution in [0.5, 0.6) is 5.75 Å². The van der Waals surface area contributed by atoms with Gasteiger partial charge in [0.1, 0.15) is 5.75 Å². The summed E-state index contributed by atoms with van der Waals surface area (Å²) in [5.41, 5.74) is 0.253. The molecule has 0 spiro atoms. The largest absolute Gasteiger partial charge is 0.422 e. The fraction of sp³-hybridized carbons (Fsp3) is 0. The van der Waals surface area contributed by atoms with Gasteiger partial charge in [0, 0.05) is 10.6 Å². The summed E-state index contributed by atoms with van der Waals surface area (Å²) in [6.07, 6.45) is 0. The fourth-order valence-electron chi connectivity index (χ4n) is 3.29. The molecule has 4 aromatic rings. The van der Waals surface area contributed by atoms with Crippen molar-refractivity contribution in [2.45, 2.75) is 0 Å². The quantitative estimate of drug-likeness (QED) is 0.247. The van der Waals surface area contributed by atoms with E-state index in [9.17, 15) is 9.36 Å². The molecule has 0 aliphatic rings. The van der Waals surface area contributed by atoms with E-state index in [1.807, 2.05) is 60.7 Å². The van der Waals surface area contributed by atoms with Crippen LogP contribution in [0.4, 0.5) is 0 Å². The molecule has 4 rings (SSSR count). The molecule has 0 bridgehead atoms. The van der Waals surface area contributed by atoms with E-state index in [1.54, 1.807) is 48.5 Å². The molecule has 0 atom stereocenters. The average Bonchev–Trinajstić information content (AvgIpc) is 2.80. The van der Waals surface area contributed by atoms with Gasteiger partial charge in [-0.2, -0.15) is 0 Å². The van der Waals surface area contributed by atoms with Crippen LogP contribution in [0, 0.1) is 0 Å². The first kappa shape index (κ1) is 20.2. The van der Waals surface area contributed by atoms with Crippen molar-refractivity contribution in [2.24, 2.45) is 0 Å². The highest BCUT2D eigenvalue weighted by Crippen LogP contribution is 2.45. The number of carbonyl (C=O) groups excluding carboxylic acids is 1. The SMILES string of the molecule is O=C(Oc1ccccc1P(=O)(c1ccccc1)c1ccccc1)c1ccccc1Cl. The van der Waals surface area contributed by atoms with Gasteiger partial charge in [0.15, 0.2) is 7.14 Å². The van der Waals surface area contributed by atoms with Crippen molar-refractivity contribution >= 4 is 40.6 Å². The standard InChI is InChI=1S/C25H18ClO3P/c26-22-16-8-7-15-21(22)25(27)29-23-17-9-10-18-24(23)30(28,19-11-3-1-4-12-19)20-13-5-2-6-14-20/h1-18H. The summed E-state index contributed by atoms with van der Waals surface area (Å²) < 4.78 is 20.3. The van der Waals surface area contributed by atoms with Crippen molar-refractivity contribution in [3.63, 3.8) is 0 Å². The number of benzene rings is 4. The first-order valence-electron chi connectivity index (χ1n) is 9.38. The van der Waals surface area contributed by atoms with Crippen molar-refractivity contribution in [3.8, 4) is 5.75 Å². The number of hydrogen-bond donors (Lipinski definition) is 0. The molecule has 5 heteroatoms. The summed E-state index contributed by atoms with van der Waals surface area (Å²) in [5.74, 6) is -0.348. The number of para-hydroxylation sites is 1. The third kappa shape index (κ3) is 3.82. The van der Waals surface area contributed by atoms with Gasteiger partial charge in [-0.25, -0.2) is 4.79 Å². The zero-order valence-electron chi connectivity index (χ0n) is 15.9. The molecule has 0 aliphatic heterocycles. The van der Waals surface area contributed by atoms with Crippen LogP contribution in [0.2, 0.25) is 5.02 Å². The molecule has 0 radical (unpaired) electrons. The van der Waals surface area contributed by atoms with Crippen LogP contribution in [0.15, 0.2) is 109 Å². The molecule has 4 aromatic carbocycles. The van der Waals surface area contributed by atoms with Crippen molar-refractivity contribution in [1.82, 2.24) is 0 Å². The van der Waals surface area contributed by atoms with Crippen LogP contribution < -0.4 is 20.7 Å². The highest BCUT2D eigenvalue weighted by Gasteiger charge is 2.33. The predicted molar refractivity (Wildman–Crippen MR) is 122 cm³/mol. The highest BCUT2D eigenvalue weighted by atomic mass is 35.5. The van der Waals surface area contributed by atoms with E-state index in [0.29, 0.717) is 20.9 Å². The number of carbonyl (C=O) groups is 1. The Labute approximate surface area is 180 Å². The molecule has 0 aliphatic carbocycles. The zero-order valence-corrected chi connectivity index (χ0v) is 17.6. The monoisotopic (exact) mass is 432 g/mol. The molecule has 0 saturated heterocycles. The first-order valence-corrected chi connectivity index (χ1v) is 11.5. The minimum Gasteiger partial charge on any atom is -0.422 e. The average molecular weight is 433 g/mol. The minimum absolute atomic E-state index is 0.249. The molecule has 0 unspecified atom stereocenters. The summed E-state index contributed by atoms with van der Waals surface area (Å²) in [5, 5.41) is 2.09. The van der Waals surface area contributed by atoms with Gasteiger partial charge in [0.25, 0.3) is 0 Å². The molecule has 0 N–H and O–H groups in total. The van der Waals surface area contributed by atoms with Crippen LogP contribution in [-0.2, 0) is 4.57 Å². The Bertz CT molecular complexity index is 1180. The lowest BCUT2D eigenvalue weighted by Crippen LogP contribution is -2.27. The first-order chi connectivity index (χ1) is 14.6. The Hall–Kier alpha value is -3.13. The Kier molecular flexibility index (Phi) is 5.85. The molecule has 0 aromatic heterocycles. The summed E-state index contributed by atoms with van der Waals surface area (Å²) in [6, 6.07) is 32.1. The lowest BCUT2D eigenvalue weighted by atomic mass is 10.2. The van der Waals surface area contributed by atoms with Gasteiger partial charge >= 0.3 is 5.97 Å².